The van der Waals surface area contributed by atoms with Crippen LogP contribution in [0.15, 0.2) is 23.2 Å². The van der Waals surface area contributed by atoms with Crippen LogP contribution in [0.1, 0.15) is 45.7 Å². The molecule has 0 aromatic heterocycles. The van der Waals surface area contributed by atoms with Crippen LogP contribution in [0.2, 0.25) is 0 Å². The number of ether oxygens (including phenoxy) is 1. The normalized spacial score (nSPS) is 16.6. The molecular formula is C17H22BrNO2. The van der Waals surface area contributed by atoms with E-state index in [1.54, 1.807) is 11.0 Å². The van der Waals surface area contributed by atoms with Gasteiger partial charge in [0.15, 0.2) is 0 Å². The van der Waals surface area contributed by atoms with Gasteiger partial charge in [-0.15, -0.1) is 0 Å². The zero-order valence-electron chi connectivity index (χ0n) is 13.3. The van der Waals surface area contributed by atoms with E-state index in [-0.39, 0.29) is 11.5 Å². The number of hydrogen-bond acceptors (Lipinski definition) is 2. The molecule has 21 heavy (non-hydrogen) atoms. The zero-order valence-corrected chi connectivity index (χ0v) is 14.9. The molecule has 0 N–H and O–H groups in total. The number of benzene rings is 1. The highest BCUT2D eigenvalue weighted by Crippen LogP contribution is 2.43. The van der Waals surface area contributed by atoms with E-state index in [0.29, 0.717) is 6.54 Å². The summed E-state index contributed by atoms with van der Waals surface area (Å²) in [6.45, 7) is 14.3. The fourth-order valence-corrected chi connectivity index (χ4v) is 3.05. The minimum Gasteiger partial charge on any atom is -0.443 e. The van der Waals surface area contributed by atoms with Gasteiger partial charge in [0.1, 0.15) is 5.60 Å². The van der Waals surface area contributed by atoms with E-state index < -0.39 is 5.60 Å². The van der Waals surface area contributed by atoms with Gasteiger partial charge in [0.2, 0.25) is 0 Å². The second kappa shape index (κ2) is 5.16. The third-order valence-electron chi connectivity index (χ3n) is 3.52. The Kier molecular flexibility index (Phi) is 3.96. The minimum absolute atomic E-state index is 0.103. The predicted octanol–water partition coefficient (Wildman–Crippen LogP) is 5.12. The van der Waals surface area contributed by atoms with E-state index >= 15 is 0 Å². The van der Waals surface area contributed by atoms with Crippen molar-refractivity contribution < 1.29 is 9.53 Å². The molecule has 0 spiro atoms. The first-order valence-corrected chi connectivity index (χ1v) is 7.81. The van der Waals surface area contributed by atoms with Crippen LogP contribution in [-0.2, 0) is 10.2 Å². The molecule has 0 radical (unpaired) electrons. The van der Waals surface area contributed by atoms with E-state index in [9.17, 15) is 4.79 Å². The zero-order chi connectivity index (χ0) is 16.0. The standard InChI is InChI=1S/C17H22BrNO2/c1-7-11-8-14-12(9-13(11)18)17(5,6)10-19(14)15(20)21-16(2,3)4/h7-9H,1,10H2,2-6H3. The highest BCUT2D eigenvalue weighted by atomic mass is 79.9. The lowest BCUT2D eigenvalue weighted by molar-refractivity contribution is 0.0579. The summed E-state index contributed by atoms with van der Waals surface area (Å²) in [5, 5.41) is 0. The number of carbonyl (C=O) groups is 1. The van der Waals surface area contributed by atoms with Crippen LogP contribution in [0.3, 0.4) is 0 Å². The van der Waals surface area contributed by atoms with E-state index in [4.69, 9.17) is 4.74 Å². The van der Waals surface area contributed by atoms with Crippen LogP contribution < -0.4 is 4.90 Å². The Bertz CT molecular complexity index is 600. The maximum absolute atomic E-state index is 12.5. The highest BCUT2D eigenvalue weighted by molar-refractivity contribution is 9.10. The van der Waals surface area contributed by atoms with Crippen molar-refractivity contribution in [2.24, 2.45) is 0 Å². The Morgan fingerprint density at radius 2 is 2.05 bits per heavy atom. The van der Waals surface area contributed by atoms with E-state index in [1.807, 2.05) is 26.8 Å². The van der Waals surface area contributed by atoms with Crippen LogP contribution in [0.4, 0.5) is 10.5 Å². The summed E-state index contributed by atoms with van der Waals surface area (Å²) < 4.78 is 6.52. The fraction of sp³-hybridized carbons (Fsp3) is 0.471. The Morgan fingerprint density at radius 3 is 2.57 bits per heavy atom. The van der Waals surface area contributed by atoms with Gasteiger partial charge in [0, 0.05) is 16.4 Å². The lowest BCUT2D eigenvalue weighted by Gasteiger charge is -2.26. The third-order valence-corrected chi connectivity index (χ3v) is 4.21. The molecule has 1 aromatic carbocycles. The molecule has 0 saturated carbocycles. The van der Waals surface area contributed by atoms with E-state index in [2.05, 4.69) is 42.4 Å². The van der Waals surface area contributed by atoms with Crippen molar-refractivity contribution >= 4 is 33.8 Å². The van der Waals surface area contributed by atoms with Gasteiger partial charge >= 0.3 is 6.09 Å². The molecule has 1 heterocycles. The van der Waals surface area contributed by atoms with Crippen molar-refractivity contribution in [1.82, 2.24) is 0 Å². The second-order valence-corrected chi connectivity index (χ2v) is 7.90. The minimum atomic E-state index is -0.499. The van der Waals surface area contributed by atoms with Gasteiger partial charge in [0.25, 0.3) is 0 Å². The summed E-state index contributed by atoms with van der Waals surface area (Å²) in [5.74, 6) is 0. The molecule has 0 atom stereocenters. The Labute approximate surface area is 135 Å². The molecule has 0 fully saturated rings. The number of halogens is 1. The van der Waals surface area contributed by atoms with Crippen molar-refractivity contribution in [3.05, 3.63) is 34.3 Å². The van der Waals surface area contributed by atoms with Gasteiger partial charge in [-0.3, -0.25) is 4.90 Å². The molecule has 0 bridgehead atoms. The van der Waals surface area contributed by atoms with Crippen molar-refractivity contribution in [2.45, 2.75) is 45.6 Å². The molecule has 2 rings (SSSR count). The molecule has 114 valence electrons. The first-order chi connectivity index (χ1) is 9.55. The van der Waals surface area contributed by atoms with Crippen molar-refractivity contribution in [1.29, 1.82) is 0 Å². The van der Waals surface area contributed by atoms with Crippen LogP contribution >= 0.6 is 15.9 Å². The fourth-order valence-electron chi connectivity index (χ4n) is 2.55. The summed E-state index contributed by atoms with van der Waals surface area (Å²) in [7, 11) is 0. The number of hydrogen-bond donors (Lipinski definition) is 0. The smallest absolute Gasteiger partial charge is 0.414 e. The molecule has 3 nitrogen and oxygen atoms in total. The van der Waals surface area contributed by atoms with Crippen LogP contribution in [0.5, 0.6) is 0 Å². The quantitative estimate of drug-likeness (QED) is 0.702. The number of anilines is 1. The topological polar surface area (TPSA) is 29.5 Å². The Hall–Kier alpha value is -1.29. The van der Waals surface area contributed by atoms with Gasteiger partial charge in [-0.25, -0.2) is 4.79 Å². The lowest BCUT2D eigenvalue weighted by Crippen LogP contribution is -2.38. The summed E-state index contributed by atoms with van der Waals surface area (Å²) in [5.41, 5.74) is 2.42. The molecule has 1 aromatic rings. The summed E-state index contributed by atoms with van der Waals surface area (Å²) in [4.78, 5) is 14.2. The van der Waals surface area contributed by atoms with Gasteiger partial charge in [0.05, 0.1) is 5.69 Å². The van der Waals surface area contributed by atoms with Crippen molar-refractivity contribution in [3.8, 4) is 0 Å². The first kappa shape index (κ1) is 16.1. The SMILES string of the molecule is C=Cc1cc2c(cc1Br)C(C)(C)CN2C(=O)OC(C)(C)C. The summed E-state index contributed by atoms with van der Waals surface area (Å²) in [6.07, 6.45) is 1.48. The molecule has 0 saturated heterocycles. The Morgan fingerprint density at radius 1 is 1.43 bits per heavy atom. The first-order valence-electron chi connectivity index (χ1n) is 7.02. The molecular weight excluding hydrogens is 330 g/mol. The molecule has 1 amide bonds. The summed E-state index contributed by atoms with van der Waals surface area (Å²) in [6, 6.07) is 4.07. The van der Waals surface area contributed by atoms with Gasteiger partial charge in [-0.05, 0) is 44.0 Å². The van der Waals surface area contributed by atoms with E-state index in [0.717, 1.165) is 21.3 Å². The monoisotopic (exact) mass is 351 g/mol. The maximum Gasteiger partial charge on any atom is 0.414 e. The second-order valence-electron chi connectivity index (χ2n) is 7.05. The van der Waals surface area contributed by atoms with Crippen molar-refractivity contribution in [2.75, 3.05) is 11.4 Å². The average Bonchev–Trinajstić information content (AvgIpc) is 2.58. The maximum atomic E-state index is 12.5. The molecule has 1 aliphatic heterocycles. The van der Waals surface area contributed by atoms with Crippen molar-refractivity contribution in [3.63, 3.8) is 0 Å². The van der Waals surface area contributed by atoms with Gasteiger partial charge < -0.3 is 4.74 Å². The lowest BCUT2D eigenvalue weighted by atomic mass is 9.86. The van der Waals surface area contributed by atoms with Gasteiger partial charge in [-0.2, -0.15) is 0 Å². The average molecular weight is 352 g/mol. The van der Waals surface area contributed by atoms with Gasteiger partial charge in [-0.1, -0.05) is 42.4 Å². The third kappa shape index (κ3) is 3.15. The molecule has 0 aliphatic carbocycles. The number of fused-ring (bicyclic) bond motifs is 1. The largest absolute Gasteiger partial charge is 0.443 e. The number of nitrogens with zero attached hydrogens (tertiary/aromatic N) is 1. The Balaban J connectivity index is 2.47. The number of amides is 1. The van der Waals surface area contributed by atoms with Crippen LogP contribution in [-0.4, -0.2) is 18.2 Å². The molecule has 0 unspecified atom stereocenters. The molecule has 1 aliphatic rings. The van der Waals surface area contributed by atoms with Crippen LogP contribution in [0, 0.1) is 0 Å². The summed E-state index contributed by atoms with van der Waals surface area (Å²) >= 11 is 3.56. The number of rotatable bonds is 1. The van der Waals surface area contributed by atoms with Crippen LogP contribution in [0.25, 0.3) is 6.08 Å². The van der Waals surface area contributed by atoms with E-state index in [1.165, 1.54) is 0 Å². The predicted molar refractivity (Wildman–Crippen MR) is 90.8 cm³/mol. The highest BCUT2D eigenvalue weighted by Gasteiger charge is 2.40. The molecule has 4 heteroatoms. The number of carbonyl (C=O) groups excluding carboxylic acids is 1.